The first kappa shape index (κ1) is 24.1. The summed E-state index contributed by atoms with van der Waals surface area (Å²) >= 11 is -0.665. The Kier molecular flexibility index (Phi) is 12.6. The van der Waals surface area contributed by atoms with Crippen molar-refractivity contribution in [2.24, 2.45) is 3.95 Å². The molecular formula is C23H36GeN2S. The van der Waals surface area contributed by atoms with Crippen LogP contribution in [0.3, 0.4) is 0 Å². The molecule has 0 aliphatic carbocycles. The van der Waals surface area contributed by atoms with E-state index in [0.29, 0.717) is 5.57 Å². The van der Waals surface area contributed by atoms with E-state index in [1.807, 2.05) is 18.2 Å². The van der Waals surface area contributed by atoms with Gasteiger partial charge in [0.05, 0.1) is 0 Å². The summed E-state index contributed by atoms with van der Waals surface area (Å²) in [4.78, 5) is 0. The van der Waals surface area contributed by atoms with Crippen molar-refractivity contribution >= 4 is 31.1 Å². The van der Waals surface area contributed by atoms with Crippen molar-refractivity contribution in [2.45, 2.75) is 80.3 Å². The number of unbranched alkanes of at least 4 members (excludes halogenated alkanes) is 3. The fraction of sp³-hybridized carbons (Fsp3) is 0.609. The van der Waals surface area contributed by atoms with Crippen molar-refractivity contribution in [3.8, 4) is 6.07 Å². The van der Waals surface area contributed by atoms with Gasteiger partial charge < -0.3 is 0 Å². The molecule has 0 aliphatic heterocycles. The van der Waals surface area contributed by atoms with Gasteiger partial charge in [-0.15, -0.1) is 0 Å². The van der Waals surface area contributed by atoms with Gasteiger partial charge in [0.25, 0.3) is 0 Å². The molecule has 0 aromatic heterocycles. The molecule has 2 nitrogen and oxygen atoms in total. The summed E-state index contributed by atoms with van der Waals surface area (Å²) in [6.45, 7) is 6.81. The van der Waals surface area contributed by atoms with Gasteiger partial charge in [0, 0.05) is 0 Å². The zero-order chi connectivity index (χ0) is 20.0. The Balaban J connectivity index is 3.28. The zero-order valence-corrected chi connectivity index (χ0v) is 20.5. The predicted octanol–water partition coefficient (Wildman–Crippen LogP) is 7.56. The third kappa shape index (κ3) is 8.30. The van der Waals surface area contributed by atoms with E-state index in [-0.39, 0.29) is 5.25 Å². The number of benzene rings is 1. The average molecular weight is 445 g/mol. The molecular weight excluding hydrogens is 409 g/mol. The van der Waals surface area contributed by atoms with Crippen LogP contribution in [0.25, 0.3) is 0 Å². The van der Waals surface area contributed by atoms with Gasteiger partial charge in [0.15, 0.2) is 0 Å². The van der Waals surface area contributed by atoms with E-state index in [2.05, 4.69) is 51.1 Å². The van der Waals surface area contributed by atoms with Crippen LogP contribution in [0.2, 0.25) is 15.8 Å². The standard InChI is InChI=1S/C23H36GeN2S/c1-5-8-16-24(17-9-6-2,18-10-7-3)26-20-22(19-25)23(27-4)21-14-12-11-13-15-21/h11-15,23H,5-10,16-18H2,1-4H3. The topological polar surface area (TPSA) is 36.1 Å². The van der Waals surface area contributed by atoms with E-state index in [1.54, 1.807) is 11.8 Å². The van der Waals surface area contributed by atoms with Crippen LogP contribution in [0, 0.1) is 11.3 Å². The van der Waals surface area contributed by atoms with Crippen LogP contribution in [0.4, 0.5) is 0 Å². The molecule has 0 aliphatic rings. The molecule has 1 aromatic carbocycles. The van der Waals surface area contributed by atoms with Crippen molar-refractivity contribution in [3.05, 3.63) is 41.5 Å². The second kappa shape index (κ2) is 14.1. The van der Waals surface area contributed by atoms with E-state index < -0.39 is 13.5 Å². The average Bonchev–Trinajstić information content (AvgIpc) is 2.72. The fourth-order valence-corrected chi connectivity index (χ4v) is 13.6. The van der Waals surface area contributed by atoms with Crippen LogP contribution in [-0.4, -0.2) is 25.6 Å². The normalized spacial score (nSPS) is 12.1. The van der Waals surface area contributed by atoms with Crippen LogP contribution >= 0.6 is 11.8 Å². The second-order valence-corrected chi connectivity index (χ2v) is 17.0. The van der Waals surface area contributed by atoms with Gasteiger partial charge in [-0.2, -0.15) is 0 Å². The molecule has 1 rings (SSSR count). The third-order valence-electron chi connectivity index (χ3n) is 5.12. The number of hydrogen-bond donors (Lipinski definition) is 0. The second-order valence-electron chi connectivity index (χ2n) is 7.31. The van der Waals surface area contributed by atoms with E-state index >= 15 is 0 Å². The molecule has 148 valence electrons. The summed E-state index contributed by atoms with van der Waals surface area (Å²) in [5.41, 5.74) is 1.85. The fourth-order valence-electron chi connectivity index (χ4n) is 3.43. The SMILES string of the molecule is CCC[CH2][Ge]([CH2]CCC)([CH2]CCC)[N]=C=C(C#N)C(SC)c1ccccc1. The number of nitriles is 1. The Bertz CT molecular complexity index is 608. The van der Waals surface area contributed by atoms with Crippen molar-refractivity contribution < 1.29 is 0 Å². The molecule has 1 atom stereocenters. The molecule has 1 aromatic rings. The molecule has 27 heavy (non-hydrogen) atoms. The number of hydrogen-bond acceptors (Lipinski definition) is 3. The molecule has 0 heterocycles. The number of rotatable bonds is 13. The zero-order valence-electron chi connectivity index (χ0n) is 17.6. The Morgan fingerprint density at radius 1 is 1.00 bits per heavy atom. The van der Waals surface area contributed by atoms with Gasteiger partial charge >= 0.3 is 174 Å². The Hall–Kier alpha value is -0.947. The molecule has 0 radical (unpaired) electrons. The van der Waals surface area contributed by atoms with Gasteiger partial charge in [-0.1, -0.05) is 0 Å². The first-order valence-corrected chi connectivity index (χ1v) is 17.2. The molecule has 0 saturated heterocycles. The van der Waals surface area contributed by atoms with Gasteiger partial charge in [-0.05, 0) is 0 Å². The van der Waals surface area contributed by atoms with Crippen molar-refractivity contribution in [2.75, 3.05) is 6.26 Å². The van der Waals surface area contributed by atoms with E-state index in [9.17, 15) is 5.26 Å². The summed E-state index contributed by atoms with van der Waals surface area (Å²) in [7, 11) is 0. The molecule has 0 fully saturated rings. The van der Waals surface area contributed by atoms with Crippen LogP contribution in [-0.2, 0) is 0 Å². The Labute approximate surface area is 174 Å². The first-order chi connectivity index (χ1) is 13.2. The molecule has 0 bridgehead atoms. The predicted molar refractivity (Wildman–Crippen MR) is 124 cm³/mol. The van der Waals surface area contributed by atoms with Crippen LogP contribution in [0.5, 0.6) is 0 Å². The number of thioether (sulfide) groups is 1. The van der Waals surface area contributed by atoms with E-state index in [4.69, 9.17) is 3.95 Å². The molecule has 0 amide bonds. The van der Waals surface area contributed by atoms with Gasteiger partial charge in [0.2, 0.25) is 0 Å². The minimum atomic E-state index is -2.36. The van der Waals surface area contributed by atoms with Crippen molar-refractivity contribution in [1.82, 2.24) is 0 Å². The van der Waals surface area contributed by atoms with Crippen LogP contribution in [0.15, 0.2) is 39.9 Å². The van der Waals surface area contributed by atoms with Gasteiger partial charge in [0.1, 0.15) is 0 Å². The maximum atomic E-state index is 9.81. The number of nitrogens with zero attached hydrogens (tertiary/aromatic N) is 2. The minimum absolute atomic E-state index is 0.0311. The summed E-state index contributed by atoms with van der Waals surface area (Å²) in [6, 6.07) is 12.7. The van der Waals surface area contributed by atoms with E-state index in [1.165, 1.54) is 54.3 Å². The first-order valence-electron chi connectivity index (χ1n) is 10.5. The molecule has 0 spiro atoms. The Morgan fingerprint density at radius 2 is 1.52 bits per heavy atom. The molecule has 1 unspecified atom stereocenters. The van der Waals surface area contributed by atoms with Crippen LogP contribution < -0.4 is 0 Å². The maximum absolute atomic E-state index is 9.81. The van der Waals surface area contributed by atoms with E-state index in [0.717, 1.165) is 5.56 Å². The summed E-state index contributed by atoms with van der Waals surface area (Å²) in [6.07, 6.45) is 9.56. The van der Waals surface area contributed by atoms with Gasteiger partial charge in [-0.25, -0.2) is 0 Å². The van der Waals surface area contributed by atoms with Crippen molar-refractivity contribution in [1.29, 1.82) is 5.26 Å². The summed E-state index contributed by atoms with van der Waals surface area (Å²) in [5.74, 6) is 3.33. The van der Waals surface area contributed by atoms with Gasteiger partial charge in [-0.3, -0.25) is 0 Å². The summed E-state index contributed by atoms with van der Waals surface area (Å²) < 4.78 is 5.20. The Morgan fingerprint density at radius 3 is 1.93 bits per heavy atom. The van der Waals surface area contributed by atoms with Crippen molar-refractivity contribution in [3.63, 3.8) is 0 Å². The molecule has 4 heteroatoms. The molecule has 0 saturated carbocycles. The third-order valence-corrected chi connectivity index (χ3v) is 15.4. The molecule has 0 N–H and O–H groups in total. The van der Waals surface area contributed by atoms with Crippen LogP contribution in [0.1, 0.15) is 70.1 Å². The quantitative estimate of drug-likeness (QED) is 0.179. The summed E-state index contributed by atoms with van der Waals surface area (Å²) in [5, 5.41) is 13.7. The monoisotopic (exact) mass is 446 g/mol.